The molecule has 1 N–H and O–H groups in total. The third-order valence-electron chi connectivity index (χ3n) is 3.08. The highest BCUT2D eigenvalue weighted by molar-refractivity contribution is 5.96. The van der Waals surface area contributed by atoms with E-state index < -0.39 is 0 Å². The third-order valence-corrected chi connectivity index (χ3v) is 3.08. The molecule has 1 aliphatic rings. The van der Waals surface area contributed by atoms with Crippen molar-refractivity contribution in [1.82, 2.24) is 4.90 Å². The minimum absolute atomic E-state index is 0.285. The molecule has 0 spiro atoms. The molecule has 0 aliphatic carbocycles. The summed E-state index contributed by atoms with van der Waals surface area (Å²) in [6.45, 7) is 3.04. The van der Waals surface area contributed by atoms with Gasteiger partial charge in [0.1, 0.15) is 0 Å². The van der Waals surface area contributed by atoms with Crippen LogP contribution in [0.5, 0.6) is 0 Å². The number of hydrogen-bond acceptors (Lipinski definition) is 3. The molecule has 4 heteroatoms. The molecule has 1 heterocycles. The molecule has 4 nitrogen and oxygen atoms in total. The zero-order valence-corrected chi connectivity index (χ0v) is 10.1. The van der Waals surface area contributed by atoms with Gasteiger partial charge in [-0.25, -0.2) is 4.79 Å². The maximum atomic E-state index is 11.5. The molecule has 0 fully saturated rings. The Kier molecular flexibility index (Phi) is 3.13. The molecule has 1 aromatic carbocycles. The van der Waals surface area contributed by atoms with Gasteiger partial charge in [0.05, 0.1) is 7.11 Å². The summed E-state index contributed by atoms with van der Waals surface area (Å²) in [7, 11) is 1.40. The van der Waals surface area contributed by atoms with E-state index in [2.05, 4.69) is 6.07 Å². The summed E-state index contributed by atoms with van der Waals surface area (Å²) in [5.41, 5.74) is 3.83. The number of hydrogen-bond donors (Lipinski definition) is 1. The van der Waals surface area contributed by atoms with Crippen LogP contribution in [0.25, 0.3) is 0 Å². The highest BCUT2D eigenvalue weighted by atomic mass is 16.5. The van der Waals surface area contributed by atoms with Gasteiger partial charge in [-0.1, -0.05) is 12.1 Å². The molecule has 17 heavy (non-hydrogen) atoms. The van der Waals surface area contributed by atoms with Gasteiger partial charge < -0.3 is 15.0 Å². The van der Waals surface area contributed by atoms with E-state index in [1.54, 1.807) is 11.8 Å². The molecular weight excluding hydrogens is 216 g/mol. The second kappa shape index (κ2) is 4.57. The Balaban J connectivity index is 2.26. The van der Waals surface area contributed by atoms with E-state index in [1.807, 2.05) is 12.1 Å². The van der Waals surface area contributed by atoms with E-state index in [9.17, 15) is 4.79 Å². The lowest BCUT2D eigenvalue weighted by molar-refractivity contribution is 0.118. The van der Waals surface area contributed by atoms with Crippen molar-refractivity contribution < 1.29 is 9.53 Å². The highest BCUT2D eigenvalue weighted by Gasteiger charge is 2.21. The lowest BCUT2D eigenvalue weighted by Gasteiger charge is -2.27. The Hall–Kier alpha value is -1.84. The fraction of sp³-hybridized carbons (Fsp3) is 0.385. The molecule has 1 aromatic rings. The van der Waals surface area contributed by atoms with E-state index in [0.717, 1.165) is 17.5 Å². The van der Waals surface area contributed by atoms with Crippen molar-refractivity contribution in [1.29, 1.82) is 5.41 Å². The fourth-order valence-electron chi connectivity index (χ4n) is 2.08. The summed E-state index contributed by atoms with van der Waals surface area (Å²) >= 11 is 0. The molecule has 90 valence electrons. The first-order valence-corrected chi connectivity index (χ1v) is 5.62. The summed E-state index contributed by atoms with van der Waals surface area (Å²) in [4.78, 5) is 13.1. The maximum absolute atomic E-state index is 11.5. The number of amides is 1. The molecular formula is C13H16N2O2. The van der Waals surface area contributed by atoms with Crippen LogP contribution in [-0.2, 0) is 17.7 Å². The number of benzene rings is 1. The molecule has 1 amide bonds. The molecule has 0 unspecified atom stereocenters. The summed E-state index contributed by atoms with van der Waals surface area (Å²) < 4.78 is 4.73. The van der Waals surface area contributed by atoms with E-state index in [4.69, 9.17) is 10.1 Å². The Morgan fingerprint density at radius 2 is 2.18 bits per heavy atom. The van der Waals surface area contributed by atoms with Gasteiger partial charge >= 0.3 is 6.09 Å². The molecule has 0 bridgehead atoms. The Labute approximate surface area is 101 Å². The van der Waals surface area contributed by atoms with Crippen molar-refractivity contribution in [3.8, 4) is 0 Å². The van der Waals surface area contributed by atoms with Crippen LogP contribution in [0.15, 0.2) is 18.2 Å². The predicted molar refractivity (Wildman–Crippen MR) is 65.5 cm³/mol. The lowest BCUT2D eigenvalue weighted by Crippen LogP contribution is -2.35. The standard InChI is InChI=1S/C13H16N2O2/c1-9(14)11-4-3-10-5-6-15(13(16)17-2)8-12(10)7-11/h3-4,7,14H,5-6,8H2,1-2H3. The van der Waals surface area contributed by atoms with Crippen LogP contribution in [0, 0.1) is 5.41 Å². The predicted octanol–water partition coefficient (Wildman–Crippen LogP) is 2.20. The van der Waals surface area contributed by atoms with Gasteiger partial charge in [-0.05, 0) is 36.1 Å². The van der Waals surface area contributed by atoms with Crippen molar-refractivity contribution in [2.45, 2.75) is 19.9 Å². The summed E-state index contributed by atoms with van der Waals surface area (Å²) in [5, 5.41) is 7.62. The second-order valence-electron chi connectivity index (χ2n) is 4.25. The number of rotatable bonds is 1. The van der Waals surface area contributed by atoms with Crippen LogP contribution >= 0.6 is 0 Å². The molecule has 0 aromatic heterocycles. The number of methoxy groups -OCH3 is 1. The minimum Gasteiger partial charge on any atom is -0.453 e. The first-order chi connectivity index (χ1) is 8.11. The van der Waals surface area contributed by atoms with Gasteiger partial charge in [0, 0.05) is 18.8 Å². The molecule has 0 radical (unpaired) electrons. The molecule has 0 saturated carbocycles. The average Bonchev–Trinajstić information content (AvgIpc) is 2.36. The SMILES string of the molecule is COC(=O)N1CCc2ccc(C(C)=N)cc2C1. The number of nitrogens with zero attached hydrogens (tertiary/aromatic N) is 1. The van der Waals surface area contributed by atoms with Crippen molar-refractivity contribution in [2.75, 3.05) is 13.7 Å². The molecule has 1 aliphatic heterocycles. The van der Waals surface area contributed by atoms with Crippen LogP contribution in [-0.4, -0.2) is 30.4 Å². The number of nitrogens with one attached hydrogen (secondary N) is 1. The molecule has 0 saturated heterocycles. The van der Waals surface area contributed by atoms with Crippen molar-refractivity contribution in [2.24, 2.45) is 0 Å². The minimum atomic E-state index is -0.285. The number of carbonyl (C=O) groups is 1. The smallest absolute Gasteiger partial charge is 0.409 e. The third kappa shape index (κ3) is 2.30. The first-order valence-electron chi connectivity index (χ1n) is 5.62. The van der Waals surface area contributed by atoms with E-state index in [-0.39, 0.29) is 6.09 Å². The fourth-order valence-corrected chi connectivity index (χ4v) is 2.08. The van der Waals surface area contributed by atoms with Gasteiger partial charge in [-0.15, -0.1) is 0 Å². The largest absolute Gasteiger partial charge is 0.453 e. The zero-order valence-electron chi connectivity index (χ0n) is 10.1. The van der Waals surface area contributed by atoms with Gasteiger partial charge in [0.15, 0.2) is 0 Å². The summed E-state index contributed by atoms with van der Waals surface area (Å²) in [6, 6.07) is 6.01. The Morgan fingerprint density at radius 1 is 1.41 bits per heavy atom. The average molecular weight is 232 g/mol. The van der Waals surface area contributed by atoms with Crippen LogP contribution in [0.3, 0.4) is 0 Å². The van der Waals surface area contributed by atoms with E-state index in [0.29, 0.717) is 18.8 Å². The monoisotopic (exact) mass is 232 g/mol. The van der Waals surface area contributed by atoms with Crippen molar-refractivity contribution in [3.63, 3.8) is 0 Å². The highest BCUT2D eigenvalue weighted by Crippen LogP contribution is 2.21. The van der Waals surface area contributed by atoms with Gasteiger partial charge in [0.2, 0.25) is 0 Å². The van der Waals surface area contributed by atoms with Crippen molar-refractivity contribution >= 4 is 11.8 Å². The summed E-state index contributed by atoms with van der Waals surface area (Å²) in [6.07, 6.45) is 0.564. The lowest BCUT2D eigenvalue weighted by atomic mass is 9.96. The quantitative estimate of drug-likeness (QED) is 0.755. The summed E-state index contributed by atoms with van der Waals surface area (Å²) in [5.74, 6) is 0. The topological polar surface area (TPSA) is 53.4 Å². The van der Waals surface area contributed by atoms with Crippen LogP contribution in [0.1, 0.15) is 23.6 Å². The van der Waals surface area contributed by atoms with E-state index >= 15 is 0 Å². The Morgan fingerprint density at radius 3 is 2.82 bits per heavy atom. The van der Waals surface area contributed by atoms with Crippen LogP contribution in [0.2, 0.25) is 0 Å². The second-order valence-corrected chi connectivity index (χ2v) is 4.25. The zero-order chi connectivity index (χ0) is 12.4. The van der Waals surface area contributed by atoms with Gasteiger partial charge in [-0.3, -0.25) is 0 Å². The van der Waals surface area contributed by atoms with Gasteiger partial charge in [-0.2, -0.15) is 0 Å². The van der Waals surface area contributed by atoms with Gasteiger partial charge in [0.25, 0.3) is 0 Å². The normalized spacial score (nSPS) is 14.1. The number of fused-ring (bicyclic) bond motifs is 1. The van der Waals surface area contributed by atoms with Crippen LogP contribution in [0.4, 0.5) is 4.79 Å². The molecule has 2 rings (SSSR count). The van der Waals surface area contributed by atoms with E-state index in [1.165, 1.54) is 12.7 Å². The first kappa shape index (κ1) is 11.6. The van der Waals surface area contributed by atoms with Crippen molar-refractivity contribution in [3.05, 3.63) is 34.9 Å². The number of ether oxygens (including phenoxy) is 1. The maximum Gasteiger partial charge on any atom is 0.409 e. The molecule has 0 atom stereocenters. The Bertz CT molecular complexity index is 468. The van der Waals surface area contributed by atoms with Crippen LogP contribution < -0.4 is 0 Å². The number of carbonyl (C=O) groups excluding carboxylic acids is 1.